The van der Waals surface area contributed by atoms with Crippen molar-refractivity contribution in [2.45, 2.75) is 36.9 Å². The van der Waals surface area contributed by atoms with Crippen LogP contribution < -0.4 is 14.4 Å². The quantitative estimate of drug-likeness (QED) is 0.280. The summed E-state index contributed by atoms with van der Waals surface area (Å²) in [5.41, 5.74) is 2.28. The third-order valence-electron chi connectivity index (χ3n) is 7.06. The summed E-state index contributed by atoms with van der Waals surface area (Å²) < 4.78 is 16.5. The fourth-order valence-corrected chi connectivity index (χ4v) is 5.35. The number of piperidine rings is 1. The molecule has 9 heteroatoms. The van der Waals surface area contributed by atoms with Crippen LogP contribution in [0.5, 0.6) is 11.5 Å². The first-order valence-electron chi connectivity index (χ1n) is 12.9. The van der Waals surface area contributed by atoms with Crippen LogP contribution in [0.4, 0.5) is 5.82 Å². The number of thioether (sulfide) groups is 1. The maximum Gasteiger partial charge on any atom is 0.258 e. The SMILES string of the molecule is COc1ccc(C(=O)N(Cc2ccco2)Cc2cc3ccc(SC)cc3nc2N2CCC(O)CC2)c(OC)c1. The third-order valence-corrected chi connectivity index (χ3v) is 7.78. The van der Waals surface area contributed by atoms with Gasteiger partial charge >= 0.3 is 0 Å². The van der Waals surface area contributed by atoms with E-state index in [1.807, 2.05) is 18.4 Å². The molecule has 0 atom stereocenters. The van der Waals surface area contributed by atoms with E-state index in [-0.39, 0.29) is 18.6 Å². The minimum Gasteiger partial charge on any atom is -0.497 e. The van der Waals surface area contributed by atoms with E-state index in [0.29, 0.717) is 55.3 Å². The van der Waals surface area contributed by atoms with Gasteiger partial charge in [0.25, 0.3) is 5.91 Å². The molecule has 1 aliphatic heterocycles. The fraction of sp³-hybridized carbons (Fsp3) is 0.333. The molecule has 1 aliphatic rings. The van der Waals surface area contributed by atoms with Crippen LogP contribution in [0.25, 0.3) is 10.9 Å². The molecule has 0 spiro atoms. The predicted molar refractivity (Wildman–Crippen MR) is 153 cm³/mol. The fourth-order valence-electron chi connectivity index (χ4n) is 4.92. The molecule has 0 unspecified atom stereocenters. The number of hydrogen-bond acceptors (Lipinski definition) is 8. The number of benzene rings is 2. The Hall–Kier alpha value is -3.69. The van der Waals surface area contributed by atoms with Crippen LogP contribution in [0.2, 0.25) is 0 Å². The number of aliphatic hydroxyl groups excluding tert-OH is 1. The Balaban J connectivity index is 1.57. The second-order valence-electron chi connectivity index (χ2n) is 9.55. The number of anilines is 1. The Kier molecular flexibility index (Phi) is 8.28. The minimum atomic E-state index is -0.298. The summed E-state index contributed by atoms with van der Waals surface area (Å²) in [6.07, 6.45) is 4.73. The zero-order valence-electron chi connectivity index (χ0n) is 22.4. The third kappa shape index (κ3) is 5.99. The summed E-state index contributed by atoms with van der Waals surface area (Å²) in [6.45, 7) is 2.00. The van der Waals surface area contributed by atoms with Gasteiger partial charge in [0.15, 0.2) is 0 Å². The number of ether oxygens (including phenoxy) is 2. The van der Waals surface area contributed by atoms with E-state index >= 15 is 0 Å². The molecule has 1 fully saturated rings. The molecule has 3 heterocycles. The van der Waals surface area contributed by atoms with Crippen LogP contribution >= 0.6 is 11.8 Å². The van der Waals surface area contributed by atoms with Crippen LogP contribution in [0.1, 0.15) is 34.5 Å². The van der Waals surface area contributed by atoms with Crippen molar-refractivity contribution < 1.29 is 23.8 Å². The van der Waals surface area contributed by atoms with Crippen molar-refractivity contribution in [3.05, 3.63) is 77.7 Å². The lowest BCUT2D eigenvalue weighted by atomic mass is 10.1. The smallest absolute Gasteiger partial charge is 0.258 e. The van der Waals surface area contributed by atoms with Crippen molar-refractivity contribution in [1.82, 2.24) is 9.88 Å². The molecular formula is C30H33N3O5S. The van der Waals surface area contributed by atoms with Crippen molar-refractivity contribution in [3.8, 4) is 11.5 Å². The van der Waals surface area contributed by atoms with Gasteiger partial charge < -0.3 is 28.8 Å². The second-order valence-corrected chi connectivity index (χ2v) is 10.4. The number of aliphatic hydroxyl groups is 1. The van der Waals surface area contributed by atoms with E-state index < -0.39 is 0 Å². The maximum atomic E-state index is 14.0. The number of pyridine rings is 1. The number of nitrogens with zero attached hydrogens (tertiary/aromatic N) is 3. The van der Waals surface area contributed by atoms with Crippen molar-refractivity contribution >= 4 is 34.4 Å². The molecule has 1 amide bonds. The molecule has 4 aromatic rings. The molecule has 8 nitrogen and oxygen atoms in total. The van der Waals surface area contributed by atoms with Gasteiger partial charge in [-0.2, -0.15) is 0 Å². The van der Waals surface area contributed by atoms with E-state index in [2.05, 4.69) is 29.2 Å². The number of fused-ring (bicyclic) bond motifs is 1. The topological polar surface area (TPSA) is 88.3 Å². The van der Waals surface area contributed by atoms with Crippen molar-refractivity contribution in [3.63, 3.8) is 0 Å². The first-order chi connectivity index (χ1) is 19.0. The van der Waals surface area contributed by atoms with Crippen LogP contribution in [-0.4, -0.2) is 60.6 Å². The lowest BCUT2D eigenvalue weighted by Gasteiger charge is -2.33. The number of furan rings is 1. The average Bonchev–Trinajstić information content (AvgIpc) is 3.49. The van der Waals surface area contributed by atoms with E-state index in [9.17, 15) is 9.90 Å². The zero-order valence-corrected chi connectivity index (χ0v) is 23.2. The van der Waals surface area contributed by atoms with Gasteiger partial charge in [0.2, 0.25) is 0 Å². The van der Waals surface area contributed by atoms with Gasteiger partial charge in [0.1, 0.15) is 23.1 Å². The summed E-state index contributed by atoms with van der Waals surface area (Å²) in [5, 5.41) is 11.1. The second kappa shape index (κ2) is 12.0. The van der Waals surface area contributed by atoms with E-state index in [1.54, 1.807) is 55.3 Å². The largest absolute Gasteiger partial charge is 0.497 e. The lowest BCUT2D eigenvalue weighted by Crippen LogP contribution is -2.38. The molecule has 2 aromatic carbocycles. The highest BCUT2D eigenvalue weighted by molar-refractivity contribution is 7.98. The van der Waals surface area contributed by atoms with Gasteiger partial charge in [-0.05, 0) is 61.6 Å². The summed E-state index contributed by atoms with van der Waals surface area (Å²) in [4.78, 5) is 24.2. The molecule has 0 saturated carbocycles. The van der Waals surface area contributed by atoms with Crippen molar-refractivity contribution in [1.29, 1.82) is 0 Å². The number of rotatable bonds is 9. The maximum absolute atomic E-state index is 14.0. The highest BCUT2D eigenvalue weighted by atomic mass is 32.2. The molecule has 1 N–H and O–H groups in total. The van der Waals surface area contributed by atoms with E-state index in [4.69, 9.17) is 18.9 Å². The summed E-state index contributed by atoms with van der Waals surface area (Å²) in [7, 11) is 3.12. The molecule has 5 rings (SSSR count). The molecule has 0 bridgehead atoms. The van der Waals surface area contributed by atoms with Gasteiger partial charge in [0.05, 0.1) is 50.8 Å². The summed E-state index contributed by atoms with van der Waals surface area (Å²) in [5.74, 6) is 2.38. The Morgan fingerprint density at radius 1 is 1.10 bits per heavy atom. The molecule has 204 valence electrons. The number of aromatic nitrogens is 1. The zero-order chi connectivity index (χ0) is 27.4. The standard InChI is InChI=1S/C30H33N3O5S/c1-36-23-7-9-26(28(16-23)37-2)30(35)33(19-24-5-4-14-38-24)18-21-15-20-6-8-25(39-3)17-27(20)31-29(21)32-12-10-22(34)11-13-32/h4-9,14-17,22,34H,10-13,18-19H2,1-3H3. The van der Waals surface area contributed by atoms with Crippen molar-refractivity contribution in [2.75, 3.05) is 38.5 Å². The van der Waals surface area contributed by atoms with Crippen LogP contribution in [-0.2, 0) is 13.1 Å². The highest BCUT2D eigenvalue weighted by Gasteiger charge is 2.26. The van der Waals surface area contributed by atoms with Crippen LogP contribution in [0.3, 0.4) is 0 Å². The number of carbonyl (C=O) groups excluding carboxylic acids is 1. The van der Waals surface area contributed by atoms with Crippen LogP contribution in [0.15, 0.2) is 70.2 Å². The van der Waals surface area contributed by atoms with Crippen molar-refractivity contribution in [2.24, 2.45) is 0 Å². The normalized spacial score (nSPS) is 14.0. The van der Waals surface area contributed by atoms with E-state index in [1.165, 1.54) is 0 Å². The number of hydrogen-bond donors (Lipinski definition) is 1. The molecule has 1 saturated heterocycles. The molecular weight excluding hydrogens is 514 g/mol. The lowest BCUT2D eigenvalue weighted by molar-refractivity contribution is 0.0714. The Morgan fingerprint density at radius 3 is 2.62 bits per heavy atom. The first-order valence-corrected chi connectivity index (χ1v) is 14.2. The average molecular weight is 548 g/mol. The minimum absolute atomic E-state index is 0.191. The molecule has 2 aromatic heterocycles. The van der Waals surface area contributed by atoms with E-state index in [0.717, 1.165) is 27.2 Å². The van der Waals surface area contributed by atoms with Gasteiger partial charge in [-0.25, -0.2) is 4.98 Å². The Labute approximate surface area is 232 Å². The summed E-state index contributed by atoms with van der Waals surface area (Å²) >= 11 is 1.68. The van der Waals surface area contributed by atoms with Gasteiger partial charge in [-0.1, -0.05) is 6.07 Å². The Bertz CT molecular complexity index is 1430. The molecule has 39 heavy (non-hydrogen) atoms. The predicted octanol–water partition coefficient (Wildman–Crippen LogP) is 5.37. The van der Waals surface area contributed by atoms with Gasteiger partial charge in [-0.3, -0.25) is 4.79 Å². The number of methoxy groups -OCH3 is 2. The Morgan fingerprint density at radius 2 is 1.92 bits per heavy atom. The molecule has 0 aliphatic carbocycles. The first kappa shape index (κ1) is 26.9. The van der Waals surface area contributed by atoms with Gasteiger partial charge in [-0.15, -0.1) is 11.8 Å². The van der Waals surface area contributed by atoms with Gasteiger partial charge in [0, 0.05) is 35.0 Å². The van der Waals surface area contributed by atoms with Crippen LogP contribution in [0, 0.1) is 0 Å². The summed E-state index contributed by atoms with van der Waals surface area (Å²) in [6, 6.07) is 17.3. The number of amides is 1. The monoisotopic (exact) mass is 547 g/mol. The highest BCUT2D eigenvalue weighted by Crippen LogP contribution is 2.32. The number of carbonyl (C=O) groups is 1. The molecule has 0 radical (unpaired) electrons.